The molecule has 4 aliphatic rings. The summed E-state index contributed by atoms with van der Waals surface area (Å²) in [5.41, 5.74) is 0.701. The van der Waals surface area contributed by atoms with Gasteiger partial charge in [0, 0.05) is 31.6 Å². The first-order valence-corrected chi connectivity index (χ1v) is 13.6. The van der Waals surface area contributed by atoms with E-state index < -0.39 is 0 Å². The van der Waals surface area contributed by atoms with Gasteiger partial charge in [-0.3, -0.25) is 19.2 Å². The van der Waals surface area contributed by atoms with E-state index in [9.17, 15) is 19.2 Å². The largest absolute Gasteiger partial charge is 0.469 e. The maximum absolute atomic E-state index is 13.5. The molecule has 4 rings (SSSR count). The summed E-state index contributed by atoms with van der Waals surface area (Å²) < 4.78 is 16.5. The first kappa shape index (κ1) is 26.9. The third kappa shape index (κ3) is 4.51. The van der Waals surface area contributed by atoms with Crippen molar-refractivity contribution in [2.24, 2.45) is 40.4 Å². The molecule has 4 aliphatic carbocycles. The van der Waals surface area contributed by atoms with Crippen LogP contribution in [0.4, 0.5) is 0 Å². The highest BCUT2D eigenvalue weighted by Gasteiger charge is 2.64. The van der Waals surface area contributed by atoms with Crippen molar-refractivity contribution >= 4 is 23.7 Å². The van der Waals surface area contributed by atoms with Crippen molar-refractivity contribution in [2.45, 2.75) is 98.2 Å². The van der Waals surface area contributed by atoms with Gasteiger partial charge in [-0.25, -0.2) is 0 Å². The van der Waals surface area contributed by atoms with Crippen molar-refractivity contribution in [3.05, 3.63) is 11.6 Å². The molecular weight excluding hydrogens is 460 g/mol. The zero-order valence-electron chi connectivity index (χ0n) is 22.6. The van der Waals surface area contributed by atoms with Gasteiger partial charge in [0.2, 0.25) is 0 Å². The van der Waals surface area contributed by atoms with Crippen LogP contribution < -0.4 is 0 Å². The van der Waals surface area contributed by atoms with Crippen LogP contribution >= 0.6 is 0 Å². The average Bonchev–Trinajstić information content (AvgIpc) is 3.17. The van der Waals surface area contributed by atoms with E-state index in [0.717, 1.165) is 32.1 Å². The summed E-state index contributed by atoms with van der Waals surface area (Å²) in [4.78, 5) is 49.2. The molecule has 3 saturated carbocycles. The van der Waals surface area contributed by atoms with E-state index in [1.807, 2.05) is 6.08 Å². The highest BCUT2D eigenvalue weighted by atomic mass is 16.5. The first-order chi connectivity index (χ1) is 16.9. The Hall–Kier alpha value is -2.18. The lowest BCUT2D eigenvalue weighted by atomic mass is 9.46. The van der Waals surface area contributed by atoms with Crippen molar-refractivity contribution in [1.29, 1.82) is 0 Å². The van der Waals surface area contributed by atoms with Gasteiger partial charge in [-0.05, 0) is 80.1 Å². The number of esters is 3. The zero-order chi connectivity index (χ0) is 26.4. The maximum atomic E-state index is 13.5. The lowest BCUT2D eigenvalue weighted by molar-refractivity contribution is -0.170. The molecule has 0 N–H and O–H groups in total. The van der Waals surface area contributed by atoms with Crippen LogP contribution in [-0.2, 0) is 33.4 Å². The normalized spacial score (nSPS) is 40.2. The highest BCUT2D eigenvalue weighted by molar-refractivity contribution is 5.94. The van der Waals surface area contributed by atoms with Gasteiger partial charge in [-0.1, -0.05) is 26.3 Å². The fourth-order valence-electron chi connectivity index (χ4n) is 8.60. The van der Waals surface area contributed by atoms with E-state index in [1.54, 1.807) is 0 Å². The Morgan fingerprint density at radius 3 is 2.33 bits per heavy atom. The number of ketones is 1. The van der Waals surface area contributed by atoms with Crippen LogP contribution in [0.15, 0.2) is 11.6 Å². The molecule has 7 heteroatoms. The quantitative estimate of drug-likeness (QED) is 0.380. The van der Waals surface area contributed by atoms with Gasteiger partial charge in [-0.2, -0.15) is 0 Å². The molecule has 9 atom stereocenters. The standard InChI is InChI=1S/C29H42O7/c1-16(7-10-27(33)34-6)21-8-9-22-20-14-25(32)24-13-19(35-17(2)30)11-12-28(24,4)23(20)15-26(29(21,22)5)36-18(3)31/h14,16,19,21-24,26H,7-13,15H2,1-6H3/t16-,19+,21-,22+,23+,24-,26-,28+,29+/m0/s1. The van der Waals surface area contributed by atoms with Crippen molar-refractivity contribution in [2.75, 3.05) is 7.11 Å². The van der Waals surface area contributed by atoms with Crippen LogP contribution in [0.2, 0.25) is 0 Å². The summed E-state index contributed by atoms with van der Waals surface area (Å²) in [6.07, 6.45) is 7.29. The second kappa shape index (κ2) is 9.94. The number of carbonyl (C=O) groups excluding carboxylic acids is 4. The van der Waals surface area contributed by atoms with Gasteiger partial charge in [0.05, 0.1) is 7.11 Å². The molecule has 0 saturated heterocycles. The van der Waals surface area contributed by atoms with Gasteiger partial charge in [0.25, 0.3) is 0 Å². The SMILES string of the molecule is COC(=O)CC[C@H](C)[C@@H]1CC[C@@H]2C3=CC(=O)[C@@H]4C[C@H](OC(C)=O)CC[C@]4(C)[C@@H]3C[C@H](OC(C)=O)[C@@]21C. The Bertz CT molecular complexity index is 953. The number of allylic oxidation sites excluding steroid dienone is 2. The van der Waals surface area contributed by atoms with Crippen molar-refractivity contribution in [3.8, 4) is 0 Å². The van der Waals surface area contributed by atoms with Crippen LogP contribution in [-0.4, -0.2) is 43.0 Å². The van der Waals surface area contributed by atoms with Gasteiger partial charge in [-0.15, -0.1) is 0 Å². The molecule has 0 aromatic heterocycles. The lowest BCUT2D eigenvalue weighted by Crippen LogP contribution is -2.57. The van der Waals surface area contributed by atoms with Crippen LogP contribution in [0.1, 0.15) is 86.0 Å². The first-order valence-electron chi connectivity index (χ1n) is 13.6. The predicted octanol–water partition coefficient (Wildman–Crippen LogP) is 4.81. The number of fused-ring (bicyclic) bond motifs is 5. The molecule has 0 bridgehead atoms. The van der Waals surface area contributed by atoms with Gasteiger partial charge >= 0.3 is 17.9 Å². The zero-order valence-corrected chi connectivity index (χ0v) is 22.6. The van der Waals surface area contributed by atoms with Crippen LogP contribution in [0.25, 0.3) is 0 Å². The van der Waals surface area contributed by atoms with Gasteiger partial charge < -0.3 is 14.2 Å². The maximum Gasteiger partial charge on any atom is 0.305 e. The minimum absolute atomic E-state index is 0.149. The Morgan fingerprint density at radius 1 is 1.00 bits per heavy atom. The Labute approximate surface area is 214 Å². The Morgan fingerprint density at radius 2 is 1.69 bits per heavy atom. The van der Waals surface area contributed by atoms with E-state index in [1.165, 1.54) is 26.5 Å². The molecule has 0 aromatic rings. The summed E-state index contributed by atoms with van der Waals surface area (Å²) in [5, 5.41) is 0. The smallest absolute Gasteiger partial charge is 0.305 e. The van der Waals surface area contributed by atoms with Crippen LogP contribution in [0.5, 0.6) is 0 Å². The topological polar surface area (TPSA) is 96.0 Å². The molecule has 0 unspecified atom stereocenters. The lowest BCUT2D eigenvalue weighted by Gasteiger charge is -2.59. The molecule has 0 heterocycles. The van der Waals surface area contributed by atoms with Crippen molar-refractivity contribution < 1.29 is 33.4 Å². The van der Waals surface area contributed by atoms with E-state index in [0.29, 0.717) is 19.3 Å². The van der Waals surface area contributed by atoms with E-state index in [4.69, 9.17) is 14.2 Å². The summed E-state index contributed by atoms with van der Waals surface area (Å²) >= 11 is 0. The number of ether oxygens (including phenoxy) is 3. The molecule has 36 heavy (non-hydrogen) atoms. The summed E-state index contributed by atoms with van der Waals surface area (Å²) in [5.74, 6) is 0.0424. The number of hydrogen-bond acceptors (Lipinski definition) is 7. The van der Waals surface area contributed by atoms with E-state index in [2.05, 4.69) is 20.8 Å². The molecular formula is C29H42O7. The molecule has 0 aromatic carbocycles. The van der Waals surface area contributed by atoms with Crippen LogP contribution in [0.3, 0.4) is 0 Å². The Kier molecular flexibility index (Phi) is 7.42. The minimum atomic E-state index is -0.301. The molecule has 0 spiro atoms. The molecule has 7 nitrogen and oxygen atoms in total. The third-order valence-electron chi connectivity index (χ3n) is 10.4. The minimum Gasteiger partial charge on any atom is -0.469 e. The monoisotopic (exact) mass is 502 g/mol. The Balaban J connectivity index is 1.67. The number of carbonyl (C=O) groups is 4. The fraction of sp³-hybridized carbons (Fsp3) is 0.793. The number of hydrogen-bond donors (Lipinski definition) is 0. The summed E-state index contributed by atoms with van der Waals surface area (Å²) in [6, 6.07) is 0. The molecule has 0 amide bonds. The molecule has 3 fully saturated rings. The molecule has 0 aliphatic heterocycles. The second-order valence-electron chi connectivity index (χ2n) is 12.2. The number of rotatable bonds is 6. The molecule has 0 radical (unpaired) electrons. The second-order valence-corrected chi connectivity index (χ2v) is 12.2. The average molecular weight is 503 g/mol. The van der Waals surface area contributed by atoms with E-state index in [-0.39, 0.29) is 76.3 Å². The van der Waals surface area contributed by atoms with E-state index >= 15 is 0 Å². The van der Waals surface area contributed by atoms with Crippen molar-refractivity contribution in [3.63, 3.8) is 0 Å². The molecule has 200 valence electrons. The number of methoxy groups -OCH3 is 1. The summed E-state index contributed by atoms with van der Waals surface area (Å²) in [6.45, 7) is 9.55. The summed E-state index contributed by atoms with van der Waals surface area (Å²) in [7, 11) is 1.41. The fourth-order valence-corrected chi connectivity index (χ4v) is 8.60. The third-order valence-corrected chi connectivity index (χ3v) is 10.4. The van der Waals surface area contributed by atoms with Crippen molar-refractivity contribution in [1.82, 2.24) is 0 Å². The highest BCUT2D eigenvalue weighted by Crippen LogP contribution is 2.67. The predicted molar refractivity (Wildman–Crippen MR) is 132 cm³/mol. The van der Waals surface area contributed by atoms with Crippen LogP contribution in [0, 0.1) is 40.4 Å². The van der Waals surface area contributed by atoms with Gasteiger partial charge in [0.1, 0.15) is 12.2 Å². The van der Waals surface area contributed by atoms with Gasteiger partial charge in [0.15, 0.2) is 5.78 Å².